The minimum Gasteiger partial charge on any atom is -0.359 e. The number of aryl methyl sites for hydroxylation is 2. The van der Waals surface area contributed by atoms with Crippen molar-refractivity contribution in [2.24, 2.45) is 0 Å². The summed E-state index contributed by atoms with van der Waals surface area (Å²) in [5.74, 6) is 6.49. The molecule has 3 amide bonds. The molecule has 1 fully saturated rings. The Balaban J connectivity index is 0.873. The van der Waals surface area contributed by atoms with Crippen molar-refractivity contribution in [2.45, 2.75) is 96.3 Å². The van der Waals surface area contributed by atoms with Crippen LogP contribution < -0.4 is 16.0 Å². The molecule has 2 atom stereocenters. The van der Waals surface area contributed by atoms with Crippen LogP contribution in [-0.4, -0.2) is 68.3 Å². The monoisotopic (exact) mass is 740 g/mol. The van der Waals surface area contributed by atoms with Gasteiger partial charge in [0.15, 0.2) is 0 Å². The number of nitrogens with zero attached hydrogens (tertiary/aromatic N) is 4. The Hall–Kier alpha value is -5.80. The van der Waals surface area contributed by atoms with E-state index in [4.69, 9.17) is 5.10 Å². The van der Waals surface area contributed by atoms with Gasteiger partial charge in [-0.2, -0.15) is 5.10 Å². The molecule has 12 nitrogen and oxygen atoms in total. The van der Waals surface area contributed by atoms with E-state index in [2.05, 4.69) is 43.8 Å². The fraction of sp³-hybridized carbons (Fsp3) is 0.395. The SMILES string of the molecule is CNC(=O)CCC(C=O)N1Cc2c(C#CCCCCCCCn3nc(C)c4ccc(C(=O)Nc5cc6[nH]c(C7CCCN7)cc6cn5)cc43)cccc2C1=O. The van der Waals surface area contributed by atoms with Crippen molar-refractivity contribution in [1.82, 2.24) is 35.3 Å². The average molecular weight is 741 g/mol. The molecule has 5 heterocycles. The first kappa shape index (κ1) is 37.5. The largest absolute Gasteiger partial charge is 0.359 e. The molecule has 5 aromatic rings. The lowest BCUT2D eigenvalue weighted by Gasteiger charge is -2.22. The van der Waals surface area contributed by atoms with E-state index in [0.29, 0.717) is 29.5 Å². The molecule has 0 aliphatic carbocycles. The van der Waals surface area contributed by atoms with Gasteiger partial charge in [0.25, 0.3) is 11.8 Å². The number of rotatable bonds is 15. The number of pyridine rings is 1. The second kappa shape index (κ2) is 17.1. The third kappa shape index (κ3) is 8.47. The summed E-state index contributed by atoms with van der Waals surface area (Å²) in [6, 6.07) is 15.0. The lowest BCUT2D eigenvalue weighted by atomic mass is 10.0. The van der Waals surface area contributed by atoms with Gasteiger partial charge in [-0.05, 0) is 81.5 Å². The number of aromatic nitrogens is 4. The Morgan fingerprint density at radius 1 is 1.09 bits per heavy atom. The predicted molar refractivity (Wildman–Crippen MR) is 213 cm³/mol. The number of unbranched alkanes of at least 4 members (excludes halogenated alkanes) is 5. The third-order valence-electron chi connectivity index (χ3n) is 10.8. The van der Waals surface area contributed by atoms with Gasteiger partial charge < -0.3 is 30.6 Å². The second-order valence-electron chi connectivity index (χ2n) is 14.5. The standard InChI is InChI=1S/C43H48N8O4/c1-28-33-18-16-30(42(54)48-40-24-37-31(25-46-40)22-38(47-37)36-15-11-20-45-36)23-39(33)51(49-28)21-9-7-5-3-4-6-8-12-29-13-10-14-34-35(29)26-50(43(34)55)32(27-52)17-19-41(53)44-2/h10,13-14,16,18,22-25,27,32,36,45,47H,3-7,9,11,15,17,19-21,26H2,1-2H3,(H,44,53)(H,46,48,54). The summed E-state index contributed by atoms with van der Waals surface area (Å²) in [5, 5.41) is 15.9. The number of nitrogens with one attached hydrogen (secondary N) is 4. The van der Waals surface area contributed by atoms with E-state index in [-0.39, 0.29) is 30.6 Å². The summed E-state index contributed by atoms with van der Waals surface area (Å²) in [4.78, 5) is 59.5. The zero-order valence-electron chi connectivity index (χ0n) is 31.5. The molecule has 284 valence electrons. The summed E-state index contributed by atoms with van der Waals surface area (Å²) in [7, 11) is 1.55. The Bertz CT molecular complexity index is 2290. The number of amides is 3. The molecule has 0 saturated carbocycles. The maximum atomic E-state index is 13.3. The topological polar surface area (TPSA) is 154 Å². The number of fused-ring (bicyclic) bond motifs is 3. The number of aromatic amines is 1. The molecule has 12 heteroatoms. The number of carbonyl (C=O) groups excluding carboxylic acids is 4. The fourth-order valence-corrected chi connectivity index (χ4v) is 7.70. The van der Waals surface area contributed by atoms with Crippen molar-refractivity contribution < 1.29 is 19.2 Å². The van der Waals surface area contributed by atoms with Gasteiger partial charge >= 0.3 is 0 Å². The summed E-state index contributed by atoms with van der Waals surface area (Å²) in [6.45, 7) is 4.11. The first-order valence-electron chi connectivity index (χ1n) is 19.4. The molecular formula is C43H48N8O4. The summed E-state index contributed by atoms with van der Waals surface area (Å²) in [5.41, 5.74) is 6.79. The van der Waals surface area contributed by atoms with Gasteiger partial charge in [0, 0.05) is 84.4 Å². The molecule has 4 N–H and O–H groups in total. The molecule has 7 rings (SSSR count). The van der Waals surface area contributed by atoms with E-state index in [0.717, 1.165) is 109 Å². The highest BCUT2D eigenvalue weighted by Crippen LogP contribution is 2.29. The zero-order chi connectivity index (χ0) is 38.3. The number of H-pyrrole nitrogens is 1. The molecule has 0 radical (unpaired) electrons. The zero-order valence-corrected chi connectivity index (χ0v) is 31.5. The van der Waals surface area contributed by atoms with Gasteiger partial charge in [-0.1, -0.05) is 43.2 Å². The number of aldehydes is 1. The van der Waals surface area contributed by atoms with E-state index in [1.54, 1.807) is 24.2 Å². The first-order valence-corrected chi connectivity index (χ1v) is 19.4. The van der Waals surface area contributed by atoms with Crippen LogP contribution in [0.1, 0.15) is 113 Å². The van der Waals surface area contributed by atoms with Crippen LogP contribution >= 0.6 is 0 Å². The van der Waals surface area contributed by atoms with Gasteiger partial charge in [0.1, 0.15) is 12.1 Å². The highest BCUT2D eigenvalue weighted by Gasteiger charge is 2.34. The highest BCUT2D eigenvalue weighted by molar-refractivity contribution is 6.06. The van der Waals surface area contributed by atoms with Crippen LogP contribution in [0.15, 0.2) is 54.7 Å². The predicted octanol–water partition coefficient (Wildman–Crippen LogP) is 6.34. The Kier molecular flexibility index (Phi) is 11.7. The van der Waals surface area contributed by atoms with Crippen LogP contribution in [0.25, 0.3) is 21.8 Å². The molecule has 3 aromatic heterocycles. The summed E-state index contributed by atoms with van der Waals surface area (Å²) >= 11 is 0. The minimum atomic E-state index is -0.652. The number of hydrogen-bond donors (Lipinski definition) is 4. The molecule has 2 aliphatic heterocycles. The van der Waals surface area contributed by atoms with Crippen LogP contribution in [0.4, 0.5) is 5.82 Å². The van der Waals surface area contributed by atoms with Crippen molar-refractivity contribution in [3.05, 3.63) is 88.4 Å². The molecular weight excluding hydrogens is 693 g/mol. The van der Waals surface area contributed by atoms with Crippen LogP contribution in [0.5, 0.6) is 0 Å². The van der Waals surface area contributed by atoms with Gasteiger partial charge in [-0.15, -0.1) is 0 Å². The first-order chi connectivity index (χ1) is 26.8. The minimum absolute atomic E-state index is 0.160. The maximum Gasteiger partial charge on any atom is 0.256 e. The van der Waals surface area contributed by atoms with E-state index in [1.807, 2.05) is 48.0 Å². The van der Waals surface area contributed by atoms with Crippen LogP contribution in [-0.2, 0) is 22.7 Å². The van der Waals surface area contributed by atoms with Gasteiger partial charge in [0.2, 0.25) is 5.91 Å². The van der Waals surface area contributed by atoms with Crippen LogP contribution in [0.2, 0.25) is 0 Å². The fourth-order valence-electron chi connectivity index (χ4n) is 7.70. The van der Waals surface area contributed by atoms with Gasteiger partial charge in [-0.3, -0.25) is 19.1 Å². The summed E-state index contributed by atoms with van der Waals surface area (Å²) in [6.07, 6.45) is 11.2. The Morgan fingerprint density at radius 2 is 1.95 bits per heavy atom. The maximum absolute atomic E-state index is 13.3. The normalized spacial score (nSPS) is 15.6. The van der Waals surface area contributed by atoms with Crippen molar-refractivity contribution in [3.63, 3.8) is 0 Å². The Labute approximate surface area is 320 Å². The van der Waals surface area contributed by atoms with Gasteiger partial charge in [0.05, 0.1) is 22.8 Å². The van der Waals surface area contributed by atoms with Gasteiger partial charge in [-0.25, -0.2) is 4.98 Å². The number of carbonyl (C=O) groups is 4. The lowest BCUT2D eigenvalue weighted by Crippen LogP contribution is -2.37. The highest BCUT2D eigenvalue weighted by atomic mass is 16.2. The molecule has 2 aromatic carbocycles. The number of benzene rings is 2. The van der Waals surface area contributed by atoms with Crippen molar-refractivity contribution >= 4 is 51.6 Å². The number of hydrogen-bond acceptors (Lipinski definition) is 7. The van der Waals surface area contributed by atoms with E-state index >= 15 is 0 Å². The molecule has 0 spiro atoms. The molecule has 1 saturated heterocycles. The number of anilines is 1. The average Bonchev–Trinajstić information content (AvgIpc) is 4.01. The van der Waals surface area contributed by atoms with E-state index in [9.17, 15) is 19.2 Å². The molecule has 55 heavy (non-hydrogen) atoms. The second-order valence-corrected chi connectivity index (χ2v) is 14.5. The third-order valence-corrected chi connectivity index (χ3v) is 10.8. The van der Waals surface area contributed by atoms with Crippen LogP contribution in [0.3, 0.4) is 0 Å². The van der Waals surface area contributed by atoms with Crippen LogP contribution in [0, 0.1) is 18.8 Å². The summed E-state index contributed by atoms with van der Waals surface area (Å²) < 4.78 is 2.01. The molecule has 2 unspecified atom stereocenters. The molecule has 0 bridgehead atoms. The van der Waals surface area contributed by atoms with Crippen molar-refractivity contribution in [2.75, 3.05) is 18.9 Å². The van der Waals surface area contributed by atoms with E-state index in [1.165, 1.54) is 6.42 Å². The van der Waals surface area contributed by atoms with Crippen molar-refractivity contribution in [1.29, 1.82) is 0 Å². The lowest BCUT2D eigenvalue weighted by molar-refractivity contribution is -0.121. The quantitative estimate of drug-likeness (QED) is 0.0555. The van der Waals surface area contributed by atoms with Crippen molar-refractivity contribution in [3.8, 4) is 11.8 Å². The smallest absolute Gasteiger partial charge is 0.256 e. The van der Waals surface area contributed by atoms with E-state index < -0.39 is 6.04 Å². The molecule has 2 aliphatic rings. The Morgan fingerprint density at radius 3 is 2.76 bits per heavy atom.